The van der Waals surface area contributed by atoms with E-state index < -0.39 is 12.1 Å². The van der Waals surface area contributed by atoms with E-state index in [0.29, 0.717) is 19.5 Å². The molecular weight excluding hydrogens is 272 g/mol. The number of aliphatic carboxylic acids is 1. The lowest BCUT2D eigenvalue weighted by atomic mass is 9.95. The van der Waals surface area contributed by atoms with Gasteiger partial charge in [0.1, 0.15) is 0 Å². The van der Waals surface area contributed by atoms with E-state index in [0.717, 1.165) is 0 Å². The van der Waals surface area contributed by atoms with Crippen LogP contribution in [0.5, 0.6) is 0 Å². The van der Waals surface area contributed by atoms with Crippen LogP contribution in [0.1, 0.15) is 11.1 Å². The highest BCUT2D eigenvalue weighted by molar-refractivity contribution is 5.83. The topological polar surface area (TPSA) is 78.9 Å². The van der Waals surface area contributed by atoms with Crippen molar-refractivity contribution in [1.29, 1.82) is 0 Å². The van der Waals surface area contributed by atoms with Gasteiger partial charge in [-0.05, 0) is 17.5 Å². The summed E-state index contributed by atoms with van der Waals surface area (Å²) in [6.45, 7) is 1.50. The maximum atomic E-state index is 12.5. The fourth-order valence-corrected chi connectivity index (χ4v) is 2.85. The minimum Gasteiger partial charge on any atom is -0.479 e. The summed E-state index contributed by atoms with van der Waals surface area (Å²) >= 11 is 0. The molecule has 0 spiro atoms. The van der Waals surface area contributed by atoms with Gasteiger partial charge in [0.25, 0.3) is 0 Å². The maximum Gasteiger partial charge on any atom is 0.334 e. The molecule has 1 fully saturated rings. The van der Waals surface area contributed by atoms with E-state index in [1.165, 1.54) is 11.1 Å². The lowest BCUT2D eigenvalue weighted by molar-refractivity contribution is -0.160. The van der Waals surface area contributed by atoms with Crippen molar-refractivity contribution in [2.75, 3.05) is 19.7 Å². The van der Waals surface area contributed by atoms with E-state index >= 15 is 0 Å². The zero-order valence-electron chi connectivity index (χ0n) is 11.6. The van der Waals surface area contributed by atoms with Crippen molar-refractivity contribution in [3.63, 3.8) is 0 Å². The lowest BCUT2D eigenvalue weighted by Crippen LogP contribution is -2.55. The normalized spacial score (nSPS) is 25.2. The van der Waals surface area contributed by atoms with Crippen LogP contribution in [0.3, 0.4) is 0 Å². The van der Waals surface area contributed by atoms with Gasteiger partial charge in [-0.1, -0.05) is 24.3 Å². The third-order valence-electron chi connectivity index (χ3n) is 4.03. The van der Waals surface area contributed by atoms with Crippen LogP contribution in [-0.4, -0.2) is 53.7 Å². The summed E-state index contributed by atoms with van der Waals surface area (Å²) in [7, 11) is 0. The van der Waals surface area contributed by atoms with Crippen LogP contribution in [-0.2, 0) is 27.3 Å². The number of benzene rings is 1. The number of hydrogen-bond acceptors (Lipinski definition) is 4. The van der Waals surface area contributed by atoms with Crippen molar-refractivity contribution in [3.05, 3.63) is 35.4 Å². The highest BCUT2D eigenvalue weighted by Gasteiger charge is 2.33. The number of nitrogens with one attached hydrogen (secondary N) is 1. The molecule has 1 aromatic rings. The first-order valence-electron chi connectivity index (χ1n) is 7.08. The number of carbonyl (C=O) groups excluding carboxylic acids is 1. The van der Waals surface area contributed by atoms with Crippen molar-refractivity contribution in [1.82, 2.24) is 10.2 Å². The molecule has 2 aliphatic heterocycles. The number of carboxylic acid groups (broad SMARTS) is 1. The van der Waals surface area contributed by atoms with Crippen LogP contribution in [0.4, 0.5) is 0 Å². The molecule has 1 saturated heterocycles. The SMILES string of the molecule is O=C(O)C1CN(C(=O)[C@@H]2Cc3ccccc3CN2)CCO1. The molecule has 0 aromatic heterocycles. The Hall–Kier alpha value is -1.92. The maximum absolute atomic E-state index is 12.5. The third kappa shape index (κ3) is 2.91. The van der Waals surface area contributed by atoms with Gasteiger partial charge in [-0.15, -0.1) is 0 Å². The van der Waals surface area contributed by atoms with Crippen molar-refractivity contribution in [2.24, 2.45) is 0 Å². The monoisotopic (exact) mass is 290 g/mol. The van der Waals surface area contributed by atoms with Crippen LogP contribution in [0.15, 0.2) is 24.3 Å². The number of amides is 1. The predicted molar refractivity (Wildman–Crippen MR) is 74.7 cm³/mol. The average Bonchev–Trinajstić information content (AvgIpc) is 2.53. The summed E-state index contributed by atoms with van der Waals surface area (Å²) in [5, 5.41) is 12.2. The Morgan fingerprint density at radius 2 is 2.05 bits per heavy atom. The van der Waals surface area contributed by atoms with Crippen molar-refractivity contribution >= 4 is 11.9 Å². The second-order valence-electron chi connectivity index (χ2n) is 5.39. The first-order chi connectivity index (χ1) is 10.1. The molecule has 112 valence electrons. The number of carboxylic acids is 1. The molecule has 0 aliphatic carbocycles. The largest absolute Gasteiger partial charge is 0.479 e. The van der Waals surface area contributed by atoms with E-state index in [2.05, 4.69) is 11.4 Å². The fraction of sp³-hybridized carbons (Fsp3) is 0.467. The van der Waals surface area contributed by atoms with Gasteiger partial charge < -0.3 is 20.1 Å². The molecule has 1 amide bonds. The van der Waals surface area contributed by atoms with E-state index in [1.54, 1.807) is 4.90 Å². The summed E-state index contributed by atoms with van der Waals surface area (Å²) in [6.07, 6.45) is -0.275. The van der Waals surface area contributed by atoms with Gasteiger partial charge in [0.15, 0.2) is 6.10 Å². The van der Waals surface area contributed by atoms with Crippen LogP contribution < -0.4 is 5.32 Å². The Labute approximate surface area is 122 Å². The number of nitrogens with zero attached hydrogens (tertiary/aromatic N) is 1. The molecular formula is C15H18N2O4. The number of rotatable bonds is 2. The predicted octanol–water partition coefficient (Wildman–Crippen LogP) is 0.0129. The van der Waals surface area contributed by atoms with Crippen molar-refractivity contribution < 1.29 is 19.4 Å². The smallest absolute Gasteiger partial charge is 0.334 e. The molecule has 2 heterocycles. The van der Waals surface area contributed by atoms with E-state index in [1.807, 2.05) is 18.2 Å². The van der Waals surface area contributed by atoms with E-state index in [-0.39, 0.29) is 25.1 Å². The zero-order valence-corrected chi connectivity index (χ0v) is 11.6. The fourth-order valence-electron chi connectivity index (χ4n) is 2.85. The Morgan fingerprint density at radius 3 is 2.81 bits per heavy atom. The van der Waals surface area contributed by atoms with Crippen LogP contribution in [0.25, 0.3) is 0 Å². The van der Waals surface area contributed by atoms with Gasteiger partial charge in [0.05, 0.1) is 19.2 Å². The Morgan fingerprint density at radius 1 is 1.29 bits per heavy atom. The molecule has 2 atom stereocenters. The summed E-state index contributed by atoms with van der Waals surface area (Å²) in [4.78, 5) is 25.1. The molecule has 0 saturated carbocycles. The van der Waals surface area contributed by atoms with E-state index in [9.17, 15) is 9.59 Å². The standard InChI is InChI=1S/C15H18N2O4/c18-14(17-5-6-21-13(9-17)15(19)20)12-7-10-3-1-2-4-11(10)8-16-12/h1-4,12-13,16H,5-9H2,(H,19,20)/t12-,13?/m0/s1. The number of hydrogen-bond donors (Lipinski definition) is 2. The van der Waals surface area contributed by atoms with Crippen molar-refractivity contribution in [3.8, 4) is 0 Å². The minimum absolute atomic E-state index is 0.0425. The van der Waals surface area contributed by atoms with Gasteiger partial charge in [-0.2, -0.15) is 0 Å². The van der Waals surface area contributed by atoms with Crippen molar-refractivity contribution in [2.45, 2.75) is 25.1 Å². The molecule has 0 radical (unpaired) electrons. The van der Waals surface area contributed by atoms with Gasteiger partial charge in [0, 0.05) is 13.1 Å². The second-order valence-corrected chi connectivity index (χ2v) is 5.39. The number of morpholine rings is 1. The lowest BCUT2D eigenvalue weighted by Gasteiger charge is -2.35. The highest BCUT2D eigenvalue weighted by Crippen LogP contribution is 2.18. The van der Waals surface area contributed by atoms with Crippen LogP contribution >= 0.6 is 0 Å². The van der Waals surface area contributed by atoms with Crippen LogP contribution in [0, 0.1) is 0 Å². The molecule has 21 heavy (non-hydrogen) atoms. The molecule has 3 rings (SSSR count). The molecule has 1 unspecified atom stereocenters. The number of ether oxygens (including phenoxy) is 1. The second kappa shape index (κ2) is 5.83. The number of fused-ring (bicyclic) bond motifs is 1. The summed E-state index contributed by atoms with van der Waals surface area (Å²) in [5.41, 5.74) is 2.39. The molecule has 2 N–H and O–H groups in total. The summed E-state index contributed by atoms with van der Waals surface area (Å²) in [6, 6.07) is 7.77. The number of carbonyl (C=O) groups is 2. The van der Waals surface area contributed by atoms with Gasteiger partial charge >= 0.3 is 5.97 Å². The Bertz CT molecular complexity index is 560. The van der Waals surface area contributed by atoms with Gasteiger partial charge in [-0.25, -0.2) is 4.79 Å². The molecule has 1 aromatic carbocycles. The van der Waals surface area contributed by atoms with Crippen LogP contribution in [0.2, 0.25) is 0 Å². The van der Waals surface area contributed by atoms with Gasteiger partial charge in [0.2, 0.25) is 5.91 Å². The average molecular weight is 290 g/mol. The Balaban J connectivity index is 1.67. The zero-order chi connectivity index (χ0) is 14.8. The Kier molecular flexibility index (Phi) is 3.90. The van der Waals surface area contributed by atoms with Gasteiger partial charge in [-0.3, -0.25) is 4.79 Å². The quantitative estimate of drug-likeness (QED) is 0.802. The molecule has 6 nitrogen and oxygen atoms in total. The summed E-state index contributed by atoms with van der Waals surface area (Å²) < 4.78 is 5.15. The minimum atomic E-state index is -1.02. The highest BCUT2D eigenvalue weighted by atomic mass is 16.5. The molecule has 0 bridgehead atoms. The van der Waals surface area contributed by atoms with E-state index in [4.69, 9.17) is 9.84 Å². The molecule has 6 heteroatoms. The molecule has 2 aliphatic rings. The third-order valence-corrected chi connectivity index (χ3v) is 4.03. The first-order valence-corrected chi connectivity index (χ1v) is 7.08. The summed E-state index contributed by atoms with van der Waals surface area (Å²) in [5.74, 6) is -1.06. The first kappa shape index (κ1) is 14.0.